The van der Waals surface area contributed by atoms with E-state index in [4.69, 9.17) is 0 Å². The molecule has 0 spiro atoms. The number of hydrogen-bond donors (Lipinski definition) is 2. The first-order chi connectivity index (χ1) is 15.1. The maximum absolute atomic E-state index is 13.0. The molecule has 2 amide bonds. The molecule has 8 nitrogen and oxygen atoms in total. The van der Waals surface area contributed by atoms with Crippen LogP contribution in [0.3, 0.4) is 0 Å². The molecule has 3 aromatic rings. The summed E-state index contributed by atoms with van der Waals surface area (Å²) in [6, 6.07) is 6.16. The lowest BCUT2D eigenvalue weighted by atomic mass is 9.97. The minimum Gasteiger partial charge on any atom is -0.318 e. The van der Waals surface area contributed by atoms with Gasteiger partial charge in [0.1, 0.15) is 23.2 Å². The number of nitrogens with zero attached hydrogens (tertiary/aromatic N) is 5. The molecule has 2 fully saturated rings. The normalized spacial score (nSPS) is 22.8. The van der Waals surface area contributed by atoms with Gasteiger partial charge in [-0.25, -0.2) is 19.2 Å². The van der Waals surface area contributed by atoms with Crippen LogP contribution in [-0.4, -0.2) is 62.4 Å². The number of aromatic nitrogens is 4. The summed E-state index contributed by atoms with van der Waals surface area (Å²) in [5.74, 6) is 0.479. The van der Waals surface area contributed by atoms with Crippen LogP contribution in [0.15, 0.2) is 24.4 Å². The third-order valence-electron chi connectivity index (χ3n) is 6.05. The molecule has 5 heterocycles. The summed E-state index contributed by atoms with van der Waals surface area (Å²) in [7, 11) is 0. The van der Waals surface area contributed by atoms with E-state index in [0.717, 1.165) is 52.3 Å². The van der Waals surface area contributed by atoms with Gasteiger partial charge in [-0.2, -0.15) is 0 Å². The fraction of sp³-hybridized carbons (Fsp3) is 0.476. The number of urea groups is 1. The highest BCUT2D eigenvalue weighted by Gasteiger charge is 2.43. The monoisotopic (exact) mass is 441 g/mol. The van der Waals surface area contributed by atoms with Crippen molar-refractivity contribution in [2.75, 3.05) is 18.5 Å². The number of carbonyl (C=O) groups excluding carboxylic acids is 1. The van der Waals surface area contributed by atoms with Crippen LogP contribution >= 0.6 is 11.3 Å². The summed E-state index contributed by atoms with van der Waals surface area (Å²) in [4.78, 5) is 24.1. The highest BCUT2D eigenvalue weighted by Crippen LogP contribution is 2.36. The van der Waals surface area contributed by atoms with E-state index in [1.54, 1.807) is 12.3 Å². The molecule has 0 unspecified atom stereocenters. The topological polar surface area (TPSA) is 95.9 Å². The molecular formula is C21H24FN7OS. The Morgan fingerprint density at radius 1 is 1.26 bits per heavy atom. The number of rotatable bonds is 5. The van der Waals surface area contributed by atoms with Gasteiger partial charge in [-0.15, -0.1) is 10.2 Å². The van der Waals surface area contributed by atoms with Crippen molar-refractivity contribution in [1.82, 2.24) is 30.4 Å². The molecule has 0 aromatic carbocycles. The van der Waals surface area contributed by atoms with Crippen LogP contribution in [0.1, 0.15) is 30.7 Å². The van der Waals surface area contributed by atoms with Crippen LogP contribution in [0.2, 0.25) is 0 Å². The second kappa shape index (κ2) is 8.43. The van der Waals surface area contributed by atoms with Crippen molar-refractivity contribution in [1.29, 1.82) is 0 Å². The molecule has 2 saturated heterocycles. The van der Waals surface area contributed by atoms with E-state index in [-0.39, 0.29) is 30.8 Å². The average Bonchev–Trinajstić information content (AvgIpc) is 3.32. The zero-order chi connectivity index (χ0) is 21.4. The van der Waals surface area contributed by atoms with Crippen molar-refractivity contribution >= 4 is 34.1 Å². The minimum absolute atomic E-state index is 0.126. The van der Waals surface area contributed by atoms with E-state index in [0.29, 0.717) is 12.4 Å². The molecule has 2 bridgehead atoms. The van der Waals surface area contributed by atoms with Crippen LogP contribution in [0, 0.1) is 6.92 Å². The summed E-state index contributed by atoms with van der Waals surface area (Å²) < 4.78 is 12.5. The van der Waals surface area contributed by atoms with Crippen molar-refractivity contribution in [3.63, 3.8) is 0 Å². The Kier molecular flexibility index (Phi) is 5.49. The van der Waals surface area contributed by atoms with Crippen molar-refractivity contribution in [2.24, 2.45) is 0 Å². The molecule has 10 heteroatoms. The van der Waals surface area contributed by atoms with Gasteiger partial charge in [0.05, 0.1) is 5.52 Å². The molecule has 31 heavy (non-hydrogen) atoms. The Balaban J connectivity index is 1.31. The van der Waals surface area contributed by atoms with Gasteiger partial charge in [-0.05, 0) is 44.7 Å². The predicted molar refractivity (Wildman–Crippen MR) is 118 cm³/mol. The first-order valence-corrected chi connectivity index (χ1v) is 11.4. The van der Waals surface area contributed by atoms with Gasteiger partial charge < -0.3 is 10.2 Å². The van der Waals surface area contributed by atoms with Gasteiger partial charge in [0.25, 0.3) is 0 Å². The molecule has 0 aliphatic carbocycles. The lowest BCUT2D eigenvalue weighted by Gasteiger charge is -2.39. The van der Waals surface area contributed by atoms with Crippen LogP contribution in [0.25, 0.3) is 21.6 Å². The standard InChI is InChI=1S/C21H24FN7OS/c1-12-27-28-20(31-12)17-5-2-13-11-24-19(10-18(13)25-17)26-21(30)29-15-3-4-16(29)9-14(8-15)23-7-6-22/h2,5,10-11,14-16,23H,3-4,6-9H2,1H3,(H,24,26,30)/t14-,15+,16-. The van der Waals surface area contributed by atoms with E-state index >= 15 is 0 Å². The zero-order valence-corrected chi connectivity index (χ0v) is 18.0. The Morgan fingerprint density at radius 3 is 2.77 bits per heavy atom. The van der Waals surface area contributed by atoms with Crippen LogP contribution in [0.5, 0.6) is 0 Å². The summed E-state index contributed by atoms with van der Waals surface area (Å²) in [6.45, 7) is 1.92. The second-order valence-corrected chi connectivity index (χ2v) is 9.30. The molecule has 0 saturated carbocycles. The summed E-state index contributed by atoms with van der Waals surface area (Å²) in [6.07, 6.45) is 5.42. The number of alkyl halides is 1. The number of aryl methyl sites for hydroxylation is 1. The van der Waals surface area contributed by atoms with E-state index in [2.05, 4.69) is 30.8 Å². The predicted octanol–water partition coefficient (Wildman–Crippen LogP) is 3.54. The van der Waals surface area contributed by atoms with Crippen molar-refractivity contribution < 1.29 is 9.18 Å². The second-order valence-electron chi connectivity index (χ2n) is 8.12. The van der Waals surface area contributed by atoms with Crippen molar-refractivity contribution in [3.8, 4) is 10.7 Å². The number of halogens is 1. The van der Waals surface area contributed by atoms with E-state index in [1.807, 2.05) is 24.0 Å². The van der Waals surface area contributed by atoms with Gasteiger partial charge in [0, 0.05) is 42.3 Å². The number of pyridine rings is 2. The fourth-order valence-corrected chi connectivity index (χ4v) is 5.37. The summed E-state index contributed by atoms with van der Waals surface area (Å²) >= 11 is 1.49. The third-order valence-corrected chi connectivity index (χ3v) is 6.91. The van der Waals surface area contributed by atoms with Gasteiger partial charge in [0.15, 0.2) is 5.01 Å². The first-order valence-electron chi connectivity index (χ1n) is 10.6. The number of nitrogens with one attached hydrogen (secondary N) is 2. The number of hydrogen-bond acceptors (Lipinski definition) is 7. The molecule has 2 aliphatic rings. The van der Waals surface area contributed by atoms with E-state index < -0.39 is 0 Å². The summed E-state index contributed by atoms with van der Waals surface area (Å²) in [5.41, 5.74) is 1.50. The first kappa shape index (κ1) is 20.2. The Morgan fingerprint density at radius 2 is 2.06 bits per heavy atom. The quantitative estimate of drug-likeness (QED) is 0.629. The Bertz CT molecular complexity index is 1090. The highest BCUT2D eigenvalue weighted by molar-refractivity contribution is 7.14. The van der Waals surface area contributed by atoms with Gasteiger partial charge in [-0.1, -0.05) is 11.3 Å². The number of piperidine rings is 1. The zero-order valence-electron chi connectivity index (χ0n) is 17.2. The maximum atomic E-state index is 13.0. The smallest absolute Gasteiger partial charge is 0.318 e. The molecule has 162 valence electrons. The third kappa shape index (κ3) is 4.09. The van der Waals surface area contributed by atoms with Crippen molar-refractivity contribution in [3.05, 3.63) is 29.4 Å². The summed E-state index contributed by atoms with van der Waals surface area (Å²) in [5, 5.41) is 17.0. The molecule has 5 rings (SSSR count). The molecule has 3 atom stereocenters. The van der Waals surface area contributed by atoms with E-state index in [1.165, 1.54) is 11.3 Å². The van der Waals surface area contributed by atoms with Crippen molar-refractivity contribution in [2.45, 2.75) is 50.7 Å². The largest absolute Gasteiger partial charge is 0.323 e. The van der Waals surface area contributed by atoms with E-state index in [9.17, 15) is 9.18 Å². The SMILES string of the molecule is Cc1nnc(-c2ccc3cnc(NC(=O)N4[C@@H]5CC[C@H]4C[C@@H](NCCF)C5)cc3n2)s1. The lowest BCUT2D eigenvalue weighted by molar-refractivity contribution is 0.141. The van der Waals surface area contributed by atoms with Crippen LogP contribution in [-0.2, 0) is 0 Å². The average molecular weight is 442 g/mol. The molecule has 0 radical (unpaired) electrons. The lowest BCUT2D eigenvalue weighted by Crippen LogP contribution is -2.53. The number of anilines is 1. The molecule has 3 aromatic heterocycles. The van der Waals surface area contributed by atoms with Gasteiger partial charge in [-0.3, -0.25) is 5.32 Å². The van der Waals surface area contributed by atoms with Crippen LogP contribution < -0.4 is 10.6 Å². The Labute approximate surface area is 183 Å². The Hall–Kier alpha value is -2.72. The molecule has 2 aliphatic heterocycles. The minimum atomic E-state index is -0.363. The highest BCUT2D eigenvalue weighted by atomic mass is 32.1. The van der Waals surface area contributed by atoms with Crippen LogP contribution in [0.4, 0.5) is 15.0 Å². The molecule has 2 N–H and O–H groups in total. The number of fused-ring (bicyclic) bond motifs is 3. The van der Waals surface area contributed by atoms with Gasteiger partial charge >= 0.3 is 6.03 Å². The fourth-order valence-electron chi connectivity index (χ4n) is 4.71. The number of carbonyl (C=O) groups is 1. The maximum Gasteiger partial charge on any atom is 0.323 e. The number of amides is 2. The van der Waals surface area contributed by atoms with Gasteiger partial charge in [0.2, 0.25) is 0 Å². The molecular weight excluding hydrogens is 417 g/mol.